The van der Waals surface area contributed by atoms with Crippen LogP contribution in [0, 0.1) is 0 Å². The number of unbranched alkanes of at least 4 members (excludes halogenated alkanes) is 3. The van der Waals surface area contributed by atoms with Gasteiger partial charge in [-0.3, -0.25) is 0 Å². The molecule has 0 unspecified atom stereocenters. The van der Waals surface area contributed by atoms with Crippen LogP contribution in [0.15, 0.2) is 84.9 Å². The Balaban J connectivity index is 0.00000160. The van der Waals surface area contributed by atoms with Gasteiger partial charge in [-0.25, -0.2) is 0 Å². The van der Waals surface area contributed by atoms with Crippen molar-refractivity contribution in [3.8, 4) is 22.3 Å². The summed E-state index contributed by atoms with van der Waals surface area (Å²) in [7, 11) is 0. The molecule has 0 heterocycles. The monoisotopic (exact) mass is 712 g/mol. The predicted octanol–water partition coefficient (Wildman–Crippen LogP) is 7.91. The summed E-state index contributed by atoms with van der Waals surface area (Å²) in [5, 5.41) is 0. The summed E-state index contributed by atoms with van der Waals surface area (Å²) in [5.41, 5.74) is 12.2. The van der Waals surface area contributed by atoms with Gasteiger partial charge in [-0.05, 0) is 0 Å². The third-order valence-corrected chi connectivity index (χ3v) is 38.9. The van der Waals surface area contributed by atoms with Gasteiger partial charge >= 0.3 is 214 Å². The van der Waals surface area contributed by atoms with Crippen molar-refractivity contribution in [3.05, 3.63) is 107 Å². The number of benzene rings is 4. The van der Waals surface area contributed by atoms with Crippen molar-refractivity contribution in [1.82, 2.24) is 0 Å². The fraction of sp³-hybridized carbons (Fsp3) is 0.273. The normalized spacial score (nSPS) is 13.1. The molecule has 0 saturated heterocycles. The van der Waals surface area contributed by atoms with Crippen molar-refractivity contribution in [2.75, 3.05) is 0 Å². The molecule has 0 amide bonds. The number of hydrogen-bond acceptors (Lipinski definition) is 0. The molecule has 0 aromatic heterocycles. The average Bonchev–Trinajstić information content (AvgIpc) is 3.45. The Labute approximate surface area is 237 Å². The van der Waals surface area contributed by atoms with Crippen molar-refractivity contribution < 1.29 is 17.1 Å². The summed E-state index contributed by atoms with van der Waals surface area (Å²) in [6.45, 7) is 4.81. The maximum atomic E-state index is 2.79. The van der Waals surface area contributed by atoms with Crippen LogP contribution in [-0.2, 0) is 30.0 Å². The summed E-state index contributed by atoms with van der Waals surface area (Å²) in [6.07, 6.45) is 7.57. The van der Waals surface area contributed by atoms with Gasteiger partial charge < -0.3 is 0 Å². The Morgan fingerprint density at radius 1 is 0.595 bits per heavy atom. The smallest absolute Gasteiger partial charge is 0.147 e. The topological polar surface area (TPSA) is 0 Å². The Bertz CT molecular complexity index is 1420. The van der Waals surface area contributed by atoms with Gasteiger partial charge in [-0.15, -0.1) is 24.8 Å². The maximum Gasteiger partial charge on any atom is -0.147 e. The SMILES string of the molecule is CCCCC[CH2][Hf]([CH3])(=[SiH2])([c]1cccc2c1Cc1ccccc1-2)[c]1cccc2c1Cc1ccccc1-2.Cl.Cl. The molecule has 0 radical (unpaired) electrons. The minimum absolute atomic E-state index is 0. The average molecular weight is 712 g/mol. The summed E-state index contributed by atoms with van der Waals surface area (Å²) >= 11 is -3.77. The van der Waals surface area contributed by atoms with E-state index in [9.17, 15) is 0 Å². The molecule has 0 nitrogen and oxygen atoms in total. The van der Waals surface area contributed by atoms with Crippen LogP contribution in [-0.4, -0.2) is 6.94 Å². The predicted molar refractivity (Wildman–Crippen MR) is 166 cm³/mol. The van der Waals surface area contributed by atoms with Crippen molar-refractivity contribution in [2.24, 2.45) is 0 Å². The molecular weight excluding hydrogens is 674 g/mol. The minimum Gasteiger partial charge on any atom is -0.147 e. The number of rotatable bonds is 7. The molecule has 37 heavy (non-hydrogen) atoms. The maximum absolute atomic E-state index is 3.77. The van der Waals surface area contributed by atoms with Crippen molar-refractivity contribution in [2.45, 2.75) is 54.3 Å². The summed E-state index contributed by atoms with van der Waals surface area (Å²) in [4.78, 5) is 0. The van der Waals surface area contributed by atoms with Crippen LogP contribution < -0.4 is 6.64 Å². The third kappa shape index (κ3) is 4.67. The largest absolute Gasteiger partial charge is 0.147 e. The molecule has 0 atom stereocenters. The molecule has 2 aliphatic carbocycles. The van der Waals surface area contributed by atoms with Crippen LogP contribution in [0.5, 0.6) is 0 Å². The third-order valence-electron chi connectivity index (χ3n) is 8.98. The standard InChI is InChI=1S/2C13H9.C6H13.CH3.2ClH.Hf.H2Si/c2*1-3-7-12-10(5-1)9-11-6-2-4-8-13(11)12;1-3-5-6-4-2;;;;;/h2*1-5,7-8H,9H2;1,3-6H2,2H3;1H3;2*1H;;1H2. The molecule has 4 aromatic carbocycles. The van der Waals surface area contributed by atoms with Crippen LogP contribution in [0.1, 0.15) is 54.9 Å². The van der Waals surface area contributed by atoms with Gasteiger partial charge in [0, 0.05) is 0 Å². The fourth-order valence-corrected chi connectivity index (χ4v) is 34.0. The van der Waals surface area contributed by atoms with Gasteiger partial charge in [-0.1, -0.05) is 0 Å². The van der Waals surface area contributed by atoms with Gasteiger partial charge in [0.15, 0.2) is 0 Å². The van der Waals surface area contributed by atoms with Crippen LogP contribution in [0.25, 0.3) is 22.3 Å². The van der Waals surface area contributed by atoms with Gasteiger partial charge in [0.25, 0.3) is 0 Å². The first-order chi connectivity index (χ1) is 17.0. The molecular formula is C33H38Cl2HfSi. The molecule has 0 N–H and O–H groups in total. The molecule has 192 valence electrons. The quantitative estimate of drug-likeness (QED) is 0.117. The first-order valence-corrected chi connectivity index (χ1v) is 31.5. The molecule has 4 aromatic rings. The Kier molecular flexibility index (Phi) is 8.46. The van der Waals surface area contributed by atoms with Crippen LogP contribution >= 0.6 is 24.8 Å². The Hall–Kier alpha value is -1.45. The molecule has 4 heteroatoms. The first-order valence-electron chi connectivity index (χ1n) is 13.5. The van der Waals surface area contributed by atoms with E-state index in [2.05, 4.69) is 103 Å². The summed E-state index contributed by atoms with van der Waals surface area (Å²) in [6, 6.07) is 32.8. The number of halogens is 2. The Morgan fingerprint density at radius 3 is 1.54 bits per heavy atom. The van der Waals surface area contributed by atoms with Gasteiger partial charge in [0.05, 0.1) is 0 Å². The van der Waals surface area contributed by atoms with E-state index < -0.39 is 17.1 Å². The van der Waals surface area contributed by atoms with E-state index in [0.29, 0.717) is 0 Å². The molecule has 0 spiro atoms. The van der Waals surface area contributed by atoms with Gasteiger partial charge in [-0.2, -0.15) is 0 Å². The Morgan fingerprint density at radius 2 is 1.05 bits per heavy atom. The van der Waals surface area contributed by atoms with E-state index >= 15 is 0 Å². The molecule has 6 rings (SSSR count). The molecule has 0 fully saturated rings. The van der Waals surface area contributed by atoms with Crippen LogP contribution in [0.4, 0.5) is 0 Å². The number of fused-ring (bicyclic) bond motifs is 6. The van der Waals surface area contributed by atoms with E-state index in [-0.39, 0.29) is 24.8 Å². The second-order valence-electron chi connectivity index (χ2n) is 11.4. The van der Waals surface area contributed by atoms with Crippen molar-refractivity contribution >= 4 is 38.4 Å². The van der Waals surface area contributed by atoms with E-state index in [4.69, 9.17) is 0 Å². The van der Waals surface area contributed by atoms with Crippen molar-refractivity contribution in [1.29, 1.82) is 0 Å². The minimum atomic E-state index is -3.77. The summed E-state index contributed by atoms with van der Waals surface area (Å²) in [5.74, 6) is 0. The number of hydrogen-bond donors (Lipinski definition) is 0. The van der Waals surface area contributed by atoms with E-state index in [1.54, 1.807) is 17.8 Å². The van der Waals surface area contributed by atoms with Crippen molar-refractivity contribution in [3.63, 3.8) is 0 Å². The first kappa shape index (κ1) is 28.6. The fourth-order valence-electron chi connectivity index (χ4n) is 7.12. The second-order valence-corrected chi connectivity index (χ2v) is 49.2. The van der Waals surface area contributed by atoms with Crippen LogP contribution in [0.3, 0.4) is 0 Å². The zero-order valence-electron chi connectivity index (χ0n) is 22.1. The van der Waals surface area contributed by atoms with Gasteiger partial charge in [0.1, 0.15) is 0 Å². The molecule has 0 saturated carbocycles. The van der Waals surface area contributed by atoms with Crippen LogP contribution in [0.2, 0.25) is 8.86 Å². The second kappa shape index (κ2) is 11.0. The van der Waals surface area contributed by atoms with E-state index in [1.165, 1.54) is 63.2 Å². The van der Waals surface area contributed by atoms with E-state index in [1.807, 2.05) is 0 Å². The molecule has 0 aliphatic heterocycles. The van der Waals surface area contributed by atoms with E-state index in [0.717, 1.165) is 12.8 Å². The summed E-state index contributed by atoms with van der Waals surface area (Å²) < 4.78 is 7.71. The zero-order valence-corrected chi connectivity index (χ0v) is 28.7. The molecule has 0 bridgehead atoms. The molecule has 2 aliphatic rings. The zero-order chi connectivity index (χ0) is 24.1. The van der Waals surface area contributed by atoms with Gasteiger partial charge in [0.2, 0.25) is 0 Å².